The molecule has 2 nitrogen and oxygen atoms in total. The normalized spacial score (nSPS) is 20.9. The molecule has 0 radical (unpaired) electrons. The van der Waals surface area contributed by atoms with E-state index in [1.54, 1.807) is 0 Å². The second-order valence-electron chi connectivity index (χ2n) is 3.52. The van der Waals surface area contributed by atoms with E-state index in [0.29, 0.717) is 17.2 Å². The standard InChI is InChI=1S/C11H12ClNO.ClH/c12-9-3-1-8(2-4-9)10-7-13-6-5-11(10)14;/h1-4,10,13H,5-7H2;1H. The van der Waals surface area contributed by atoms with Crippen LogP contribution in [-0.4, -0.2) is 18.9 Å². The van der Waals surface area contributed by atoms with Gasteiger partial charge in [0.1, 0.15) is 5.78 Å². The van der Waals surface area contributed by atoms with Crippen molar-refractivity contribution < 1.29 is 4.79 Å². The predicted molar refractivity (Wildman–Crippen MR) is 63.9 cm³/mol. The monoisotopic (exact) mass is 245 g/mol. The van der Waals surface area contributed by atoms with Crippen LogP contribution in [0.25, 0.3) is 0 Å². The van der Waals surface area contributed by atoms with Crippen molar-refractivity contribution in [2.75, 3.05) is 13.1 Å². The molecule has 0 saturated carbocycles. The van der Waals surface area contributed by atoms with Crippen molar-refractivity contribution in [2.24, 2.45) is 0 Å². The van der Waals surface area contributed by atoms with Gasteiger partial charge in [-0.3, -0.25) is 4.79 Å². The first-order chi connectivity index (χ1) is 6.77. The van der Waals surface area contributed by atoms with Gasteiger partial charge in [0.25, 0.3) is 0 Å². The van der Waals surface area contributed by atoms with Crippen LogP contribution in [0.3, 0.4) is 0 Å². The van der Waals surface area contributed by atoms with Crippen LogP contribution in [0.1, 0.15) is 17.9 Å². The number of ketones is 1. The van der Waals surface area contributed by atoms with Gasteiger partial charge in [0, 0.05) is 24.5 Å². The second kappa shape index (κ2) is 5.50. The fourth-order valence-electron chi connectivity index (χ4n) is 1.74. The Morgan fingerprint density at radius 1 is 1.27 bits per heavy atom. The Balaban J connectivity index is 0.00000112. The van der Waals surface area contributed by atoms with Crippen molar-refractivity contribution in [3.8, 4) is 0 Å². The maximum Gasteiger partial charge on any atom is 0.142 e. The number of Topliss-reactive ketones (excluding diaryl/α,β-unsaturated/α-hetero) is 1. The summed E-state index contributed by atoms with van der Waals surface area (Å²) in [5.74, 6) is 0.340. The summed E-state index contributed by atoms with van der Waals surface area (Å²) in [6, 6.07) is 7.52. The summed E-state index contributed by atoms with van der Waals surface area (Å²) in [6.45, 7) is 1.56. The van der Waals surface area contributed by atoms with E-state index in [-0.39, 0.29) is 18.3 Å². The summed E-state index contributed by atoms with van der Waals surface area (Å²) < 4.78 is 0. The van der Waals surface area contributed by atoms with Crippen LogP contribution in [-0.2, 0) is 4.79 Å². The first-order valence-corrected chi connectivity index (χ1v) is 5.14. The molecule has 1 atom stereocenters. The Morgan fingerprint density at radius 3 is 2.53 bits per heavy atom. The van der Waals surface area contributed by atoms with Gasteiger partial charge < -0.3 is 5.32 Å². The van der Waals surface area contributed by atoms with Crippen molar-refractivity contribution in [1.29, 1.82) is 0 Å². The van der Waals surface area contributed by atoms with Gasteiger partial charge in [-0.05, 0) is 17.7 Å². The van der Waals surface area contributed by atoms with Crippen molar-refractivity contribution >= 4 is 29.8 Å². The highest BCUT2D eigenvalue weighted by Crippen LogP contribution is 2.21. The van der Waals surface area contributed by atoms with E-state index in [2.05, 4.69) is 5.32 Å². The third-order valence-electron chi connectivity index (χ3n) is 2.56. The minimum absolute atomic E-state index is 0. The summed E-state index contributed by atoms with van der Waals surface area (Å²) in [4.78, 5) is 11.6. The average Bonchev–Trinajstić information content (AvgIpc) is 2.20. The predicted octanol–water partition coefficient (Wildman–Crippen LogP) is 2.41. The molecule has 4 heteroatoms. The van der Waals surface area contributed by atoms with E-state index in [1.165, 1.54) is 0 Å². The largest absolute Gasteiger partial charge is 0.315 e. The zero-order valence-corrected chi connectivity index (χ0v) is 9.77. The maximum atomic E-state index is 11.6. The SMILES string of the molecule is Cl.O=C1CCNCC1c1ccc(Cl)cc1. The van der Waals surface area contributed by atoms with Gasteiger partial charge in [0.15, 0.2) is 0 Å². The Labute approximate surface area is 100 Å². The Kier molecular flexibility index (Phi) is 4.58. The number of carbonyl (C=O) groups is 1. The van der Waals surface area contributed by atoms with Gasteiger partial charge in [0.2, 0.25) is 0 Å². The molecule has 15 heavy (non-hydrogen) atoms. The Bertz CT molecular complexity index is 337. The van der Waals surface area contributed by atoms with Crippen LogP contribution in [0.2, 0.25) is 5.02 Å². The molecule has 1 aliphatic heterocycles. The number of hydrogen-bond donors (Lipinski definition) is 1. The highest BCUT2D eigenvalue weighted by atomic mass is 35.5. The van der Waals surface area contributed by atoms with E-state index in [4.69, 9.17) is 11.6 Å². The molecule has 1 aromatic rings. The lowest BCUT2D eigenvalue weighted by Crippen LogP contribution is -2.35. The fourth-order valence-corrected chi connectivity index (χ4v) is 1.87. The Morgan fingerprint density at radius 2 is 1.93 bits per heavy atom. The van der Waals surface area contributed by atoms with Crippen molar-refractivity contribution in [3.05, 3.63) is 34.9 Å². The summed E-state index contributed by atoms with van der Waals surface area (Å²) in [7, 11) is 0. The molecule has 0 amide bonds. The molecule has 1 fully saturated rings. The van der Waals surface area contributed by atoms with Crippen LogP contribution in [0.5, 0.6) is 0 Å². The van der Waals surface area contributed by atoms with E-state index in [9.17, 15) is 4.79 Å². The molecule has 1 N–H and O–H groups in total. The van der Waals surface area contributed by atoms with Crippen LogP contribution in [0.4, 0.5) is 0 Å². The van der Waals surface area contributed by atoms with E-state index in [0.717, 1.165) is 18.7 Å². The van der Waals surface area contributed by atoms with Crippen molar-refractivity contribution in [2.45, 2.75) is 12.3 Å². The number of hydrogen-bond acceptors (Lipinski definition) is 2. The number of benzene rings is 1. The zero-order chi connectivity index (χ0) is 9.97. The second-order valence-corrected chi connectivity index (χ2v) is 3.96. The van der Waals surface area contributed by atoms with Crippen LogP contribution < -0.4 is 5.32 Å². The van der Waals surface area contributed by atoms with E-state index >= 15 is 0 Å². The van der Waals surface area contributed by atoms with Crippen molar-refractivity contribution in [1.82, 2.24) is 5.32 Å². The maximum absolute atomic E-state index is 11.6. The molecule has 1 saturated heterocycles. The molecular formula is C11H13Cl2NO. The number of piperidine rings is 1. The molecule has 82 valence electrons. The molecule has 0 aliphatic carbocycles. The third kappa shape index (κ3) is 2.94. The first-order valence-electron chi connectivity index (χ1n) is 4.76. The van der Waals surface area contributed by atoms with Crippen LogP contribution >= 0.6 is 24.0 Å². The number of nitrogens with one attached hydrogen (secondary N) is 1. The lowest BCUT2D eigenvalue weighted by molar-refractivity contribution is -0.121. The van der Waals surface area contributed by atoms with Gasteiger partial charge in [-0.15, -0.1) is 12.4 Å². The highest BCUT2D eigenvalue weighted by Gasteiger charge is 2.23. The summed E-state index contributed by atoms with van der Waals surface area (Å²) >= 11 is 5.79. The minimum atomic E-state index is 0. The molecule has 0 bridgehead atoms. The van der Waals surface area contributed by atoms with Gasteiger partial charge in [-0.25, -0.2) is 0 Å². The molecular weight excluding hydrogens is 233 g/mol. The quantitative estimate of drug-likeness (QED) is 0.824. The minimum Gasteiger partial charge on any atom is -0.315 e. The van der Waals surface area contributed by atoms with Gasteiger partial charge >= 0.3 is 0 Å². The van der Waals surface area contributed by atoms with Gasteiger partial charge in [-0.1, -0.05) is 23.7 Å². The zero-order valence-electron chi connectivity index (χ0n) is 8.20. The molecule has 1 aromatic carbocycles. The first kappa shape index (κ1) is 12.5. The number of rotatable bonds is 1. The molecule has 1 unspecified atom stereocenters. The third-order valence-corrected chi connectivity index (χ3v) is 2.81. The van der Waals surface area contributed by atoms with Gasteiger partial charge in [0.05, 0.1) is 5.92 Å². The molecule has 0 aromatic heterocycles. The molecule has 2 rings (SSSR count). The summed E-state index contributed by atoms with van der Waals surface area (Å²) in [5.41, 5.74) is 1.06. The smallest absolute Gasteiger partial charge is 0.142 e. The average molecular weight is 246 g/mol. The fraction of sp³-hybridized carbons (Fsp3) is 0.364. The molecule has 0 spiro atoms. The molecule has 1 heterocycles. The molecule has 1 aliphatic rings. The lowest BCUT2D eigenvalue weighted by atomic mass is 9.90. The van der Waals surface area contributed by atoms with Crippen LogP contribution in [0, 0.1) is 0 Å². The topological polar surface area (TPSA) is 29.1 Å². The number of halogens is 2. The van der Waals surface area contributed by atoms with E-state index in [1.807, 2.05) is 24.3 Å². The highest BCUT2D eigenvalue weighted by molar-refractivity contribution is 6.30. The van der Waals surface area contributed by atoms with Crippen molar-refractivity contribution in [3.63, 3.8) is 0 Å². The Hall–Kier alpha value is -0.570. The summed E-state index contributed by atoms with van der Waals surface area (Å²) in [6.07, 6.45) is 0.632. The lowest BCUT2D eigenvalue weighted by Gasteiger charge is -2.21. The van der Waals surface area contributed by atoms with E-state index < -0.39 is 0 Å². The summed E-state index contributed by atoms with van der Waals surface area (Å²) in [5, 5.41) is 3.94. The van der Waals surface area contributed by atoms with Crippen LogP contribution in [0.15, 0.2) is 24.3 Å². The van der Waals surface area contributed by atoms with Gasteiger partial charge in [-0.2, -0.15) is 0 Å². The number of carbonyl (C=O) groups excluding carboxylic acids is 1.